The molecule has 72 valence electrons. The molecule has 7 nitrogen and oxygen atoms in total. The van der Waals surface area contributed by atoms with Crippen molar-refractivity contribution >= 4 is 23.8 Å². The van der Waals surface area contributed by atoms with Gasteiger partial charge in [0.25, 0.3) is 5.56 Å². The van der Waals surface area contributed by atoms with Gasteiger partial charge in [-0.3, -0.25) is 14.8 Å². The van der Waals surface area contributed by atoms with Gasteiger partial charge in [-0.15, -0.1) is 0 Å². The molecule has 0 bridgehead atoms. The van der Waals surface area contributed by atoms with Gasteiger partial charge in [0.05, 0.1) is 6.33 Å². The van der Waals surface area contributed by atoms with Crippen molar-refractivity contribution in [2.75, 3.05) is 0 Å². The molecule has 0 amide bonds. The van der Waals surface area contributed by atoms with E-state index in [1.54, 1.807) is 0 Å². The van der Waals surface area contributed by atoms with E-state index in [2.05, 4.69) is 32.6 Å². The van der Waals surface area contributed by atoms with E-state index in [0.29, 0.717) is 0 Å². The van der Waals surface area contributed by atoms with Gasteiger partial charge in [-0.25, -0.2) is 15.0 Å². The molecular weight excluding hydrogens is 206 g/mol. The van der Waals surface area contributed by atoms with E-state index < -0.39 is 11.2 Å². The Morgan fingerprint density at radius 2 is 2.07 bits per heavy atom. The lowest BCUT2D eigenvalue weighted by atomic mass is 10.5. The molecule has 14 heavy (non-hydrogen) atoms. The molecule has 8 heteroatoms. The number of H-pyrrole nitrogens is 3. The number of nitriles is 1. The number of aromatic amines is 3. The summed E-state index contributed by atoms with van der Waals surface area (Å²) in [6.07, 6.45) is 1.34. The van der Waals surface area contributed by atoms with Crippen LogP contribution >= 0.6 is 0 Å². The zero-order valence-corrected chi connectivity index (χ0v) is 7.51. The molecule has 0 aromatic carbocycles. The van der Waals surface area contributed by atoms with Crippen molar-refractivity contribution in [3.05, 3.63) is 27.2 Å². The van der Waals surface area contributed by atoms with Crippen LogP contribution in [0.3, 0.4) is 0 Å². The van der Waals surface area contributed by atoms with Gasteiger partial charge in [0, 0.05) is 0 Å². The largest absolute Gasteiger partial charge is 0.696 e. The summed E-state index contributed by atoms with van der Waals surface area (Å²) in [4.78, 5) is 32.3. The van der Waals surface area contributed by atoms with Crippen molar-refractivity contribution < 1.29 is 0 Å². The average Bonchev–Trinajstić information content (AvgIpc) is 2.53. The molecule has 0 fully saturated rings. The maximum Gasteiger partial charge on any atom is 0.327 e. The number of nitrogens with zero attached hydrogens (tertiary/aromatic N) is 2. The van der Waals surface area contributed by atoms with E-state index in [4.69, 9.17) is 5.26 Å². The molecule has 0 spiro atoms. The number of hydrogen-bond acceptors (Lipinski definition) is 5. The van der Waals surface area contributed by atoms with Gasteiger partial charge in [-0.2, -0.15) is 0 Å². The highest BCUT2D eigenvalue weighted by Crippen LogP contribution is 1.92. The fourth-order valence-electron chi connectivity index (χ4n) is 0.867. The van der Waals surface area contributed by atoms with Gasteiger partial charge in [0.1, 0.15) is 5.52 Å². The lowest BCUT2D eigenvalue weighted by Crippen LogP contribution is -2.21. The number of nitrogens with one attached hydrogen (secondary N) is 3. The van der Waals surface area contributed by atoms with E-state index in [1.165, 1.54) is 11.7 Å². The molecule has 2 rings (SSSR count). The molecular formula is C6H4N5O2S-. The van der Waals surface area contributed by atoms with E-state index in [1.807, 2.05) is 0 Å². The molecule has 2 heterocycles. The summed E-state index contributed by atoms with van der Waals surface area (Å²) in [5.74, 6) is 0. The molecule has 0 aliphatic carbocycles. The van der Waals surface area contributed by atoms with Gasteiger partial charge in [0.2, 0.25) is 0 Å². The lowest BCUT2D eigenvalue weighted by Gasteiger charge is -1.83. The smallest absolute Gasteiger partial charge is 0.327 e. The quantitative estimate of drug-likeness (QED) is 0.379. The average molecular weight is 210 g/mol. The molecule has 0 saturated carbocycles. The monoisotopic (exact) mass is 210 g/mol. The Hall–Kier alpha value is -2.14. The fraction of sp³-hybridized carbons (Fsp3) is 0. The van der Waals surface area contributed by atoms with Crippen LogP contribution in [0, 0.1) is 10.7 Å². The van der Waals surface area contributed by atoms with Crippen LogP contribution in [0.5, 0.6) is 0 Å². The highest BCUT2D eigenvalue weighted by Gasteiger charge is 1.99. The summed E-state index contributed by atoms with van der Waals surface area (Å²) in [6, 6.07) is 0. The molecule has 2 aromatic rings. The first-order valence-electron chi connectivity index (χ1n) is 3.36. The summed E-state index contributed by atoms with van der Waals surface area (Å²) in [6.45, 7) is 0. The molecule has 3 N–H and O–H groups in total. The SMILES string of the molecule is N#C[S-].O=c1[nH]c(=O)c2[nH]cnc2[nH]1. The Bertz CT molecular complexity index is 574. The summed E-state index contributed by atoms with van der Waals surface area (Å²) < 4.78 is 0. The standard InChI is InChI=1S/C5H4N4O2.CHNS/c10-4-2-3(7-1-6-2)8-5(11)9-4;2-1-3/h1H,(H3,6,7,8,9,10,11);3H/p-1. The minimum atomic E-state index is -0.547. The maximum atomic E-state index is 10.9. The molecule has 0 unspecified atom stereocenters. The Kier molecular flexibility index (Phi) is 2.98. The van der Waals surface area contributed by atoms with Crippen LogP contribution in [0.25, 0.3) is 11.2 Å². The topological polar surface area (TPSA) is 118 Å². The van der Waals surface area contributed by atoms with E-state index in [-0.39, 0.29) is 11.2 Å². The molecule has 2 aromatic heterocycles. The molecule has 0 saturated heterocycles. The second-order valence-electron chi connectivity index (χ2n) is 2.13. The third kappa shape index (κ3) is 1.96. The molecule has 0 atom stereocenters. The first kappa shape index (κ1) is 9.94. The van der Waals surface area contributed by atoms with E-state index >= 15 is 0 Å². The van der Waals surface area contributed by atoms with Crippen LogP contribution in [-0.2, 0) is 12.6 Å². The Balaban J connectivity index is 0.000000293. The van der Waals surface area contributed by atoms with Crippen molar-refractivity contribution in [2.45, 2.75) is 0 Å². The Labute approximate surface area is 82.2 Å². The van der Waals surface area contributed by atoms with Crippen LogP contribution in [0.1, 0.15) is 0 Å². The van der Waals surface area contributed by atoms with Crippen LogP contribution < -0.4 is 11.2 Å². The molecule has 0 aliphatic rings. The maximum absolute atomic E-state index is 10.9. The van der Waals surface area contributed by atoms with E-state index in [9.17, 15) is 9.59 Å². The van der Waals surface area contributed by atoms with Gasteiger partial charge >= 0.3 is 5.69 Å². The van der Waals surface area contributed by atoms with Gasteiger partial charge in [0.15, 0.2) is 5.65 Å². The number of fused-ring (bicyclic) bond motifs is 1. The van der Waals surface area contributed by atoms with Crippen molar-refractivity contribution in [2.24, 2.45) is 0 Å². The normalized spacial score (nSPS) is 8.79. The lowest BCUT2D eigenvalue weighted by molar-refractivity contribution is 1.07. The first-order valence-corrected chi connectivity index (χ1v) is 3.76. The summed E-state index contributed by atoms with van der Waals surface area (Å²) in [7, 11) is 0. The van der Waals surface area contributed by atoms with Crippen molar-refractivity contribution in [1.29, 1.82) is 5.26 Å². The predicted molar refractivity (Wildman–Crippen MR) is 50.3 cm³/mol. The molecule has 0 aliphatic heterocycles. The summed E-state index contributed by atoms with van der Waals surface area (Å²) in [5, 5.41) is 8.47. The van der Waals surface area contributed by atoms with Crippen LogP contribution in [0.4, 0.5) is 0 Å². The van der Waals surface area contributed by atoms with E-state index in [0.717, 1.165) is 0 Å². The minimum absolute atomic E-state index is 0.277. The van der Waals surface area contributed by atoms with Crippen molar-refractivity contribution in [1.82, 2.24) is 19.9 Å². The van der Waals surface area contributed by atoms with Crippen molar-refractivity contribution in [3.8, 4) is 5.40 Å². The van der Waals surface area contributed by atoms with Gasteiger partial charge < -0.3 is 17.6 Å². The Morgan fingerprint density at radius 1 is 1.43 bits per heavy atom. The first-order chi connectivity index (χ1) is 6.69. The Morgan fingerprint density at radius 3 is 2.71 bits per heavy atom. The number of aromatic nitrogens is 4. The number of rotatable bonds is 0. The summed E-state index contributed by atoms with van der Waals surface area (Å²) in [5.41, 5.74) is -0.445. The highest BCUT2D eigenvalue weighted by molar-refractivity contribution is 7.64. The van der Waals surface area contributed by atoms with Crippen LogP contribution in [-0.4, -0.2) is 19.9 Å². The van der Waals surface area contributed by atoms with Crippen molar-refractivity contribution in [3.63, 3.8) is 0 Å². The number of hydrogen-bond donors (Lipinski definition) is 3. The highest BCUT2D eigenvalue weighted by atomic mass is 32.1. The van der Waals surface area contributed by atoms with Gasteiger partial charge in [-0.1, -0.05) is 5.40 Å². The number of imidazole rings is 1. The summed E-state index contributed by atoms with van der Waals surface area (Å²) >= 11 is 3.70. The molecule has 0 radical (unpaired) electrons. The zero-order chi connectivity index (χ0) is 10.6. The second kappa shape index (κ2) is 4.20. The third-order valence-corrected chi connectivity index (χ3v) is 1.33. The third-order valence-electron chi connectivity index (χ3n) is 1.33. The fourth-order valence-corrected chi connectivity index (χ4v) is 0.867. The number of thiocyanates is 1. The van der Waals surface area contributed by atoms with Crippen LogP contribution in [0.15, 0.2) is 15.9 Å². The second-order valence-corrected chi connectivity index (χ2v) is 2.31. The van der Waals surface area contributed by atoms with Gasteiger partial charge in [-0.05, 0) is 0 Å². The minimum Gasteiger partial charge on any atom is -0.696 e. The van der Waals surface area contributed by atoms with Crippen LogP contribution in [0.2, 0.25) is 0 Å². The predicted octanol–water partition coefficient (Wildman–Crippen LogP) is -1.05. The zero-order valence-electron chi connectivity index (χ0n) is 6.70.